The van der Waals surface area contributed by atoms with Crippen molar-refractivity contribution in [3.8, 4) is 0 Å². The van der Waals surface area contributed by atoms with Crippen molar-refractivity contribution in [2.75, 3.05) is 19.7 Å². The summed E-state index contributed by atoms with van der Waals surface area (Å²) in [5.74, 6) is -1.12. The molecule has 1 saturated heterocycles. The van der Waals surface area contributed by atoms with Gasteiger partial charge in [0, 0.05) is 18.7 Å². The van der Waals surface area contributed by atoms with Crippen molar-refractivity contribution in [1.29, 1.82) is 0 Å². The van der Waals surface area contributed by atoms with E-state index in [2.05, 4.69) is 10.6 Å². The van der Waals surface area contributed by atoms with Crippen LogP contribution in [0.25, 0.3) is 0 Å². The molecule has 0 radical (unpaired) electrons. The summed E-state index contributed by atoms with van der Waals surface area (Å²) in [6.45, 7) is 4.83. The average molecular weight is 377 g/mol. The van der Waals surface area contributed by atoms with Crippen LogP contribution >= 0.6 is 12.2 Å². The zero-order valence-electron chi connectivity index (χ0n) is 14.9. The summed E-state index contributed by atoms with van der Waals surface area (Å²) in [5.41, 5.74) is 1.33. The van der Waals surface area contributed by atoms with Gasteiger partial charge in [0.1, 0.15) is 6.04 Å². The SMILES string of the molecule is CCCOC(=O)C[C@@H]1C(=O)NCCN1C(=S)NC(=O)c1ccccc1C. The molecule has 26 heavy (non-hydrogen) atoms. The maximum absolute atomic E-state index is 12.5. The highest BCUT2D eigenvalue weighted by atomic mass is 32.1. The molecule has 140 valence electrons. The second kappa shape index (κ2) is 9.28. The third kappa shape index (κ3) is 5.01. The van der Waals surface area contributed by atoms with E-state index in [4.69, 9.17) is 17.0 Å². The number of hydrogen-bond acceptors (Lipinski definition) is 5. The van der Waals surface area contributed by atoms with E-state index in [1.807, 2.05) is 26.0 Å². The predicted octanol–water partition coefficient (Wildman–Crippen LogP) is 1.15. The minimum absolute atomic E-state index is 0.119. The van der Waals surface area contributed by atoms with Crippen molar-refractivity contribution in [3.63, 3.8) is 0 Å². The Morgan fingerprint density at radius 2 is 2.12 bits per heavy atom. The smallest absolute Gasteiger partial charge is 0.308 e. The van der Waals surface area contributed by atoms with Crippen LogP contribution in [-0.2, 0) is 14.3 Å². The largest absolute Gasteiger partial charge is 0.466 e. The fourth-order valence-electron chi connectivity index (χ4n) is 2.66. The first-order valence-electron chi connectivity index (χ1n) is 8.55. The van der Waals surface area contributed by atoms with Crippen molar-refractivity contribution >= 4 is 35.1 Å². The first kappa shape index (κ1) is 19.8. The number of esters is 1. The van der Waals surface area contributed by atoms with Gasteiger partial charge in [-0.25, -0.2) is 0 Å². The second-order valence-electron chi connectivity index (χ2n) is 6.00. The summed E-state index contributed by atoms with van der Waals surface area (Å²) in [7, 11) is 0. The summed E-state index contributed by atoms with van der Waals surface area (Å²) < 4.78 is 5.06. The maximum atomic E-state index is 12.5. The molecule has 1 aliphatic rings. The lowest BCUT2D eigenvalue weighted by Gasteiger charge is -2.36. The molecule has 7 nitrogen and oxygen atoms in total. The summed E-state index contributed by atoms with van der Waals surface area (Å²) in [5, 5.41) is 5.50. The Morgan fingerprint density at radius 3 is 2.81 bits per heavy atom. The number of benzene rings is 1. The number of thiocarbonyl (C=S) groups is 1. The van der Waals surface area contributed by atoms with Crippen LogP contribution in [0.5, 0.6) is 0 Å². The monoisotopic (exact) mass is 377 g/mol. The van der Waals surface area contributed by atoms with E-state index in [1.165, 1.54) is 0 Å². The van der Waals surface area contributed by atoms with Gasteiger partial charge in [0.05, 0.1) is 13.0 Å². The third-order valence-electron chi connectivity index (χ3n) is 4.03. The maximum Gasteiger partial charge on any atom is 0.308 e. The van der Waals surface area contributed by atoms with Gasteiger partial charge in [-0.05, 0) is 37.2 Å². The Hall–Kier alpha value is -2.48. The lowest BCUT2D eigenvalue weighted by Crippen LogP contribution is -2.60. The van der Waals surface area contributed by atoms with E-state index >= 15 is 0 Å². The molecule has 8 heteroatoms. The highest BCUT2D eigenvalue weighted by molar-refractivity contribution is 7.80. The quantitative estimate of drug-likeness (QED) is 0.591. The van der Waals surface area contributed by atoms with Crippen LogP contribution in [0.2, 0.25) is 0 Å². The molecule has 0 spiro atoms. The first-order valence-corrected chi connectivity index (χ1v) is 8.95. The molecule has 1 heterocycles. The van der Waals surface area contributed by atoms with Crippen LogP contribution in [0, 0.1) is 6.92 Å². The number of carbonyl (C=O) groups excluding carboxylic acids is 3. The zero-order valence-corrected chi connectivity index (χ0v) is 15.7. The van der Waals surface area contributed by atoms with Gasteiger partial charge in [0.25, 0.3) is 5.91 Å². The number of carbonyl (C=O) groups is 3. The molecule has 0 unspecified atom stereocenters. The van der Waals surface area contributed by atoms with Gasteiger partial charge in [-0.3, -0.25) is 19.7 Å². The molecule has 1 aromatic carbocycles. The molecule has 0 saturated carbocycles. The Kier molecular flexibility index (Phi) is 7.08. The van der Waals surface area contributed by atoms with E-state index in [1.54, 1.807) is 17.0 Å². The highest BCUT2D eigenvalue weighted by Crippen LogP contribution is 2.12. The Balaban J connectivity index is 2.06. The number of piperazine rings is 1. The van der Waals surface area contributed by atoms with E-state index in [0.717, 1.165) is 5.56 Å². The van der Waals surface area contributed by atoms with Gasteiger partial charge in [-0.2, -0.15) is 0 Å². The van der Waals surface area contributed by atoms with Crippen LogP contribution in [0.1, 0.15) is 35.7 Å². The molecular formula is C18H23N3O4S. The third-order valence-corrected chi connectivity index (χ3v) is 4.37. The fourth-order valence-corrected chi connectivity index (χ4v) is 2.97. The van der Waals surface area contributed by atoms with E-state index in [9.17, 15) is 14.4 Å². The van der Waals surface area contributed by atoms with Crippen molar-refractivity contribution in [3.05, 3.63) is 35.4 Å². The van der Waals surface area contributed by atoms with Gasteiger partial charge >= 0.3 is 5.97 Å². The molecule has 1 aromatic rings. The van der Waals surface area contributed by atoms with Gasteiger partial charge in [0.15, 0.2) is 5.11 Å². The number of nitrogens with one attached hydrogen (secondary N) is 2. The van der Waals surface area contributed by atoms with E-state index < -0.39 is 12.0 Å². The normalized spacial score (nSPS) is 16.6. The van der Waals surface area contributed by atoms with Crippen molar-refractivity contribution in [2.24, 2.45) is 0 Å². The van der Waals surface area contributed by atoms with Gasteiger partial charge in [-0.1, -0.05) is 25.1 Å². The summed E-state index contributed by atoms with van der Waals surface area (Å²) in [6, 6.07) is 6.36. The Labute approximate surface area is 158 Å². The first-order chi connectivity index (χ1) is 12.4. The van der Waals surface area contributed by atoms with Crippen LogP contribution < -0.4 is 10.6 Å². The van der Waals surface area contributed by atoms with Crippen LogP contribution in [-0.4, -0.2) is 53.5 Å². The van der Waals surface area contributed by atoms with Crippen molar-refractivity contribution in [1.82, 2.24) is 15.5 Å². The topological polar surface area (TPSA) is 87.7 Å². The fraction of sp³-hybridized carbons (Fsp3) is 0.444. The number of nitrogens with zero attached hydrogens (tertiary/aromatic N) is 1. The number of ether oxygens (including phenoxy) is 1. The molecule has 0 aliphatic carbocycles. The molecule has 0 bridgehead atoms. The molecule has 2 rings (SSSR count). The van der Waals surface area contributed by atoms with Crippen molar-refractivity contribution in [2.45, 2.75) is 32.7 Å². The Bertz CT molecular complexity index is 707. The highest BCUT2D eigenvalue weighted by Gasteiger charge is 2.34. The zero-order chi connectivity index (χ0) is 19.1. The van der Waals surface area contributed by atoms with Gasteiger partial charge in [-0.15, -0.1) is 0 Å². The van der Waals surface area contributed by atoms with E-state index in [-0.39, 0.29) is 23.3 Å². The standard InChI is InChI=1S/C18H23N3O4S/c1-3-10-25-15(22)11-14-17(24)19-8-9-21(14)18(26)20-16(23)13-7-5-4-6-12(13)2/h4-7,14H,3,8-11H2,1-2H3,(H,19,24)(H,20,23,26)/t14-/m1/s1. The molecule has 2 amide bonds. The molecule has 2 N–H and O–H groups in total. The number of amides is 2. The lowest BCUT2D eigenvalue weighted by atomic mass is 10.1. The number of aryl methyl sites for hydroxylation is 1. The second-order valence-corrected chi connectivity index (χ2v) is 6.39. The number of rotatable bonds is 5. The Morgan fingerprint density at radius 1 is 1.38 bits per heavy atom. The van der Waals surface area contributed by atoms with Gasteiger partial charge < -0.3 is 15.0 Å². The average Bonchev–Trinajstić information content (AvgIpc) is 2.61. The summed E-state index contributed by atoms with van der Waals surface area (Å²) >= 11 is 5.33. The van der Waals surface area contributed by atoms with E-state index in [0.29, 0.717) is 31.7 Å². The van der Waals surface area contributed by atoms with Crippen molar-refractivity contribution < 1.29 is 19.1 Å². The molecular weight excluding hydrogens is 354 g/mol. The number of hydrogen-bond donors (Lipinski definition) is 2. The minimum atomic E-state index is -0.794. The molecule has 1 atom stereocenters. The molecule has 1 aliphatic heterocycles. The van der Waals surface area contributed by atoms with Crippen LogP contribution in [0.3, 0.4) is 0 Å². The summed E-state index contributed by atoms with van der Waals surface area (Å²) in [6.07, 6.45) is 0.587. The predicted molar refractivity (Wildman–Crippen MR) is 101 cm³/mol. The van der Waals surface area contributed by atoms with Crippen LogP contribution in [0.4, 0.5) is 0 Å². The van der Waals surface area contributed by atoms with Crippen LogP contribution in [0.15, 0.2) is 24.3 Å². The lowest BCUT2D eigenvalue weighted by molar-refractivity contribution is -0.147. The summed E-state index contributed by atoms with van der Waals surface area (Å²) in [4.78, 5) is 38.1. The molecule has 1 fully saturated rings. The van der Waals surface area contributed by atoms with Gasteiger partial charge in [0.2, 0.25) is 5.91 Å². The minimum Gasteiger partial charge on any atom is -0.466 e. The molecule has 0 aromatic heterocycles.